The van der Waals surface area contributed by atoms with Gasteiger partial charge in [0, 0.05) is 56.0 Å². The van der Waals surface area contributed by atoms with Crippen LogP contribution in [0.3, 0.4) is 0 Å². The average molecular weight is 806 g/mol. The number of benzene rings is 8. The molecule has 3 aliphatic carbocycles. The first-order chi connectivity index (χ1) is 31.2. The molecule has 0 amide bonds. The molecule has 0 N–H and O–H groups in total. The SMILES string of the molecule is c1ccc(-c2nc(-c3ccc4c(c3)C3c5ccccc5C4c4cc(-c5nc(-c6ccccc6)nc(-c6ccccc6)n5)ccc43)cc(-c3ccc4oc5ccccc5c4c3)n2)cc1. The van der Waals surface area contributed by atoms with Gasteiger partial charge in [0.05, 0.1) is 11.4 Å². The number of para-hydroxylation sites is 1. The minimum Gasteiger partial charge on any atom is -0.456 e. The highest BCUT2D eigenvalue weighted by Crippen LogP contribution is 2.56. The first-order valence-corrected chi connectivity index (χ1v) is 21.3. The van der Waals surface area contributed by atoms with Crippen molar-refractivity contribution in [3.8, 4) is 68.1 Å². The maximum Gasteiger partial charge on any atom is 0.164 e. The van der Waals surface area contributed by atoms with Gasteiger partial charge in [0.15, 0.2) is 23.3 Å². The number of hydrogen-bond acceptors (Lipinski definition) is 6. The molecule has 3 aromatic heterocycles. The van der Waals surface area contributed by atoms with Crippen molar-refractivity contribution in [1.29, 1.82) is 0 Å². The molecule has 2 unspecified atom stereocenters. The minimum atomic E-state index is 0.0478. The van der Waals surface area contributed by atoms with E-state index in [2.05, 4.69) is 109 Å². The molecule has 0 radical (unpaired) electrons. The molecule has 11 aromatic rings. The molecule has 2 bridgehead atoms. The van der Waals surface area contributed by atoms with Crippen LogP contribution in [0.5, 0.6) is 0 Å². The van der Waals surface area contributed by atoms with Gasteiger partial charge in [-0.3, -0.25) is 0 Å². The van der Waals surface area contributed by atoms with Crippen LogP contribution in [-0.4, -0.2) is 24.9 Å². The largest absolute Gasteiger partial charge is 0.456 e. The lowest BCUT2D eigenvalue weighted by Crippen LogP contribution is -2.27. The molecule has 8 aromatic carbocycles. The monoisotopic (exact) mass is 805 g/mol. The van der Waals surface area contributed by atoms with Crippen LogP contribution in [0.2, 0.25) is 0 Å². The van der Waals surface area contributed by atoms with Gasteiger partial charge in [0.2, 0.25) is 0 Å². The Bertz CT molecular complexity index is 3530. The highest BCUT2D eigenvalue weighted by atomic mass is 16.3. The first-order valence-electron chi connectivity index (χ1n) is 21.3. The lowest BCUT2D eigenvalue weighted by molar-refractivity contribution is 0.669. The number of fused-ring (bicyclic) bond motifs is 3. The quantitative estimate of drug-likeness (QED) is 0.167. The van der Waals surface area contributed by atoms with Gasteiger partial charge in [-0.05, 0) is 75.8 Å². The van der Waals surface area contributed by atoms with Crippen LogP contribution in [0.1, 0.15) is 45.2 Å². The summed E-state index contributed by atoms with van der Waals surface area (Å²) < 4.78 is 6.19. The Morgan fingerprint density at radius 2 is 0.683 bits per heavy atom. The lowest BCUT2D eigenvalue weighted by atomic mass is 9.60. The summed E-state index contributed by atoms with van der Waals surface area (Å²) in [6, 6.07) is 69.9. The van der Waals surface area contributed by atoms with E-state index >= 15 is 0 Å². The molecule has 3 heterocycles. The van der Waals surface area contributed by atoms with Gasteiger partial charge in [0.1, 0.15) is 11.2 Å². The summed E-state index contributed by atoms with van der Waals surface area (Å²) >= 11 is 0. The maximum absolute atomic E-state index is 6.19. The van der Waals surface area contributed by atoms with Crippen molar-refractivity contribution in [1.82, 2.24) is 24.9 Å². The van der Waals surface area contributed by atoms with Gasteiger partial charge in [-0.2, -0.15) is 0 Å². The molecular formula is C57H35N5O. The van der Waals surface area contributed by atoms with Crippen molar-refractivity contribution >= 4 is 21.9 Å². The van der Waals surface area contributed by atoms with Crippen LogP contribution >= 0.6 is 0 Å². The van der Waals surface area contributed by atoms with E-state index in [1.165, 1.54) is 33.4 Å². The molecule has 294 valence electrons. The van der Waals surface area contributed by atoms with Gasteiger partial charge in [0.25, 0.3) is 0 Å². The van der Waals surface area contributed by atoms with Gasteiger partial charge >= 0.3 is 0 Å². The van der Waals surface area contributed by atoms with Gasteiger partial charge in [-0.25, -0.2) is 24.9 Å². The van der Waals surface area contributed by atoms with Crippen molar-refractivity contribution in [3.63, 3.8) is 0 Å². The maximum atomic E-state index is 6.19. The third-order valence-corrected chi connectivity index (χ3v) is 12.7. The van der Waals surface area contributed by atoms with Crippen LogP contribution in [-0.2, 0) is 0 Å². The highest BCUT2D eigenvalue weighted by Gasteiger charge is 2.41. The molecule has 14 rings (SSSR count). The summed E-state index contributed by atoms with van der Waals surface area (Å²) in [5.74, 6) is 2.75. The Labute approximate surface area is 363 Å². The van der Waals surface area contributed by atoms with Crippen LogP contribution in [0.15, 0.2) is 205 Å². The summed E-state index contributed by atoms with van der Waals surface area (Å²) in [7, 11) is 0. The predicted molar refractivity (Wildman–Crippen MR) is 250 cm³/mol. The normalized spacial score (nSPS) is 14.7. The van der Waals surface area contributed by atoms with E-state index in [1.54, 1.807) is 0 Å². The predicted octanol–water partition coefficient (Wildman–Crippen LogP) is 13.6. The van der Waals surface area contributed by atoms with Gasteiger partial charge in [-0.15, -0.1) is 0 Å². The molecule has 0 fully saturated rings. The Morgan fingerprint density at radius 3 is 1.27 bits per heavy atom. The Morgan fingerprint density at radius 1 is 0.270 bits per heavy atom. The third-order valence-electron chi connectivity index (χ3n) is 12.7. The highest BCUT2D eigenvalue weighted by molar-refractivity contribution is 6.06. The van der Waals surface area contributed by atoms with Gasteiger partial charge in [-0.1, -0.05) is 158 Å². The fourth-order valence-corrected chi connectivity index (χ4v) is 9.80. The number of nitrogens with zero attached hydrogens (tertiary/aromatic N) is 5. The lowest BCUT2D eigenvalue weighted by Gasteiger charge is -2.42. The van der Waals surface area contributed by atoms with Crippen molar-refractivity contribution in [2.24, 2.45) is 0 Å². The summed E-state index contributed by atoms with van der Waals surface area (Å²) in [4.78, 5) is 25.6. The van der Waals surface area contributed by atoms with E-state index in [0.29, 0.717) is 23.3 Å². The zero-order chi connectivity index (χ0) is 41.4. The van der Waals surface area contributed by atoms with Crippen molar-refractivity contribution in [2.75, 3.05) is 0 Å². The minimum absolute atomic E-state index is 0.0478. The second-order valence-electron chi connectivity index (χ2n) is 16.4. The summed E-state index contributed by atoms with van der Waals surface area (Å²) in [5, 5.41) is 2.16. The van der Waals surface area contributed by atoms with Crippen LogP contribution < -0.4 is 0 Å². The molecule has 3 aliphatic rings. The fourth-order valence-electron chi connectivity index (χ4n) is 9.80. The number of aromatic nitrogens is 5. The average Bonchev–Trinajstić information content (AvgIpc) is 3.74. The smallest absolute Gasteiger partial charge is 0.164 e. The second-order valence-corrected chi connectivity index (χ2v) is 16.4. The summed E-state index contributed by atoms with van der Waals surface area (Å²) in [6.45, 7) is 0. The number of furan rings is 1. The summed E-state index contributed by atoms with van der Waals surface area (Å²) in [5.41, 5.74) is 17.3. The van der Waals surface area contributed by atoms with Crippen molar-refractivity contribution < 1.29 is 4.42 Å². The number of hydrogen-bond donors (Lipinski definition) is 0. The molecule has 6 nitrogen and oxygen atoms in total. The zero-order valence-corrected chi connectivity index (χ0v) is 33.9. The fraction of sp³-hybridized carbons (Fsp3) is 0.0351. The number of rotatable bonds is 6. The molecular weight excluding hydrogens is 771 g/mol. The molecule has 0 aliphatic heterocycles. The Kier molecular flexibility index (Phi) is 7.93. The van der Waals surface area contributed by atoms with Crippen molar-refractivity contribution in [2.45, 2.75) is 11.8 Å². The molecule has 63 heavy (non-hydrogen) atoms. The van der Waals surface area contributed by atoms with E-state index in [-0.39, 0.29) is 11.8 Å². The second kappa shape index (κ2) is 14.1. The van der Waals surface area contributed by atoms with E-state index in [9.17, 15) is 0 Å². The molecule has 0 saturated carbocycles. The van der Waals surface area contributed by atoms with E-state index in [4.69, 9.17) is 29.3 Å². The third kappa shape index (κ3) is 5.83. The Hall–Kier alpha value is -8.35. The van der Waals surface area contributed by atoms with Gasteiger partial charge < -0.3 is 4.42 Å². The molecule has 2 atom stereocenters. The van der Waals surface area contributed by atoms with E-state index < -0.39 is 0 Å². The standard InChI is InChI=1S/C57H35N5O/c1-4-14-34(15-5-1)54-58-48(33-49(59-54)38-26-29-51-45(30-38)40-20-12-13-23-50(40)63-51)37-24-27-43-46(31-37)52-41-21-10-11-22-42(41)53(43)47-32-39(25-28-44(47)52)57-61-55(35-16-6-2-7-17-35)60-56(62-57)36-18-8-3-9-19-36/h1-33,52-53H. The van der Waals surface area contributed by atoms with Crippen LogP contribution in [0.4, 0.5) is 0 Å². The first kappa shape index (κ1) is 35.4. The van der Waals surface area contributed by atoms with E-state index in [1.807, 2.05) is 91.0 Å². The molecule has 0 spiro atoms. The molecule has 0 saturated heterocycles. The van der Waals surface area contributed by atoms with E-state index in [0.717, 1.165) is 66.7 Å². The van der Waals surface area contributed by atoms with Crippen molar-refractivity contribution in [3.05, 3.63) is 234 Å². The Balaban J connectivity index is 0.942. The van der Waals surface area contributed by atoms with Crippen LogP contribution in [0, 0.1) is 0 Å². The topological polar surface area (TPSA) is 77.6 Å². The zero-order valence-electron chi connectivity index (χ0n) is 33.9. The molecule has 6 heteroatoms. The van der Waals surface area contributed by atoms with Crippen LogP contribution in [0.25, 0.3) is 90.0 Å². The summed E-state index contributed by atoms with van der Waals surface area (Å²) in [6.07, 6.45) is 0.